The Balaban J connectivity index is 1.87. The zero-order valence-electron chi connectivity index (χ0n) is 17.2. The predicted octanol–water partition coefficient (Wildman–Crippen LogP) is 6.07. The highest BCUT2D eigenvalue weighted by atomic mass is 35.5. The van der Waals surface area contributed by atoms with Crippen molar-refractivity contribution in [1.82, 2.24) is 0 Å². The minimum absolute atomic E-state index is 0.0149. The zero-order chi connectivity index (χ0) is 20.8. The molecule has 0 spiro atoms. The van der Waals surface area contributed by atoms with Crippen molar-refractivity contribution < 1.29 is 9.59 Å². The normalized spacial score (nSPS) is 21.4. The number of allylic oxidation sites excluding steroid dienone is 2. The van der Waals surface area contributed by atoms with Gasteiger partial charge in [0.1, 0.15) is 0 Å². The van der Waals surface area contributed by atoms with Gasteiger partial charge in [0.2, 0.25) is 5.91 Å². The molecule has 2 aliphatic rings. The van der Waals surface area contributed by atoms with E-state index in [0.29, 0.717) is 24.3 Å². The maximum absolute atomic E-state index is 13.3. The fraction of sp³-hybridized carbons (Fsp3) is 0.360. The van der Waals surface area contributed by atoms with E-state index in [9.17, 15) is 9.59 Å². The quantitative estimate of drug-likeness (QED) is 0.619. The molecule has 1 unspecified atom stereocenters. The lowest BCUT2D eigenvalue weighted by Crippen LogP contribution is -2.43. The summed E-state index contributed by atoms with van der Waals surface area (Å²) < 4.78 is 0. The highest BCUT2D eigenvalue weighted by Gasteiger charge is 2.44. The van der Waals surface area contributed by atoms with Crippen molar-refractivity contribution in [3.05, 3.63) is 76.0 Å². The average Bonchev–Trinajstić information content (AvgIpc) is 2.66. The summed E-state index contributed by atoms with van der Waals surface area (Å²) in [6.07, 6.45) is 2.46. The smallest absolute Gasteiger partial charge is 0.232 e. The minimum atomic E-state index is -0.180. The van der Waals surface area contributed by atoms with E-state index in [4.69, 9.17) is 11.6 Å². The number of amides is 1. The molecule has 1 atom stereocenters. The van der Waals surface area contributed by atoms with Crippen LogP contribution in [-0.2, 0) is 16.0 Å². The number of nitrogens with zero attached hydrogens (tertiary/aromatic N) is 1. The van der Waals surface area contributed by atoms with Crippen LogP contribution < -0.4 is 4.90 Å². The molecule has 0 bridgehead atoms. The molecule has 1 aliphatic heterocycles. The molecular weight excluding hydrogens is 382 g/mol. The molecule has 0 fully saturated rings. The average molecular weight is 408 g/mol. The summed E-state index contributed by atoms with van der Waals surface area (Å²) in [5.41, 5.74) is 4.49. The second-order valence-corrected chi connectivity index (χ2v) is 9.30. The number of anilines is 1. The van der Waals surface area contributed by atoms with E-state index in [1.165, 1.54) is 5.56 Å². The number of rotatable bonds is 3. The van der Waals surface area contributed by atoms with E-state index < -0.39 is 0 Å². The van der Waals surface area contributed by atoms with Crippen LogP contribution in [-0.4, -0.2) is 11.7 Å². The van der Waals surface area contributed by atoms with E-state index in [0.717, 1.165) is 28.9 Å². The van der Waals surface area contributed by atoms with Gasteiger partial charge in [-0.2, -0.15) is 0 Å². The summed E-state index contributed by atoms with van der Waals surface area (Å²) in [5.74, 6) is -0.0103. The molecule has 4 rings (SSSR count). The molecule has 1 amide bonds. The third-order valence-corrected chi connectivity index (χ3v) is 6.23. The first-order valence-electron chi connectivity index (χ1n) is 10.2. The van der Waals surface area contributed by atoms with Crippen LogP contribution in [0.15, 0.2) is 59.8 Å². The number of Topliss-reactive ketones (excluding diaryl/α,β-unsaturated/α-hetero) is 1. The van der Waals surface area contributed by atoms with Gasteiger partial charge in [0.25, 0.3) is 0 Å². The van der Waals surface area contributed by atoms with Crippen molar-refractivity contribution in [2.45, 2.75) is 52.4 Å². The number of carbonyl (C=O) groups is 2. The molecule has 4 heteroatoms. The lowest BCUT2D eigenvalue weighted by atomic mass is 9.69. The molecule has 0 saturated carbocycles. The Kier molecular flexibility index (Phi) is 5.12. The molecule has 150 valence electrons. The fourth-order valence-corrected chi connectivity index (χ4v) is 4.79. The molecule has 29 heavy (non-hydrogen) atoms. The van der Waals surface area contributed by atoms with Crippen molar-refractivity contribution in [2.75, 3.05) is 4.90 Å². The third-order valence-electron chi connectivity index (χ3n) is 6.00. The summed E-state index contributed by atoms with van der Waals surface area (Å²) in [4.78, 5) is 28.3. The highest BCUT2D eigenvalue weighted by molar-refractivity contribution is 6.31. The largest absolute Gasteiger partial charge is 0.294 e. The number of hydrogen-bond acceptors (Lipinski definition) is 2. The number of ketones is 1. The van der Waals surface area contributed by atoms with Crippen LogP contribution in [0, 0.1) is 5.41 Å². The molecule has 0 radical (unpaired) electrons. The Morgan fingerprint density at radius 3 is 2.45 bits per heavy atom. The van der Waals surface area contributed by atoms with Gasteiger partial charge in [0, 0.05) is 35.1 Å². The third kappa shape index (κ3) is 3.76. The summed E-state index contributed by atoms with van der Waals surface area (Å²) in [6, 6.07) is 15.7. The monoisotopic (exact) mass is 407 g/mol. The Morgan fingerprint density at radius 1 is 1.07 bits per heavy atom. The first-order chi connectivity index (χ1) is 13.8. The maximum atomic E-state index is 13.3. The highest BCUT2D eigenvalue weighted by Crippen LogP contribution is 2.48. The van der Waals surface area contributed by atoms with Crippen LogP contribution >= 0.6 is 11.6 Å². The lowest BCUT2D eigenvalue weighted by Gasteiger charge is -2.43. The van der Waals surface area contributed by atoms with Crippen molar-refractivity contribution in [3.8, 4) is 0 Å². The molecule has 0 N–H and O–H groups in total. The second-order valence-electron chi connectivity index (χ2n) is 8.86. The first-order valence-corrected chi connectivity index (χ1v) is 10.6. The summed E-state index contributed by atoms with van der Waals surface area (Å²) in [6.45, 7) is 6.30. The lowest BCUT2D eigenvalue weighted by molar-refractivity contribution is -0.121. The Morgan fingerprint density at radius 2 is 1.79 bits per heavy atom. The molecule has 2 aromatic rings. The molecule has 3 nitrogen and oxygen atoms in total. The standard InChI is InChI=1S/C25H26ClNO2/c1-4-16-8-10-17(11-9-16)20-13-23(29)27(19-7-5-6-18(26)12-19)21-14-25(2,3)15-22(28)24(20)21/h5-12,20H,4,13-15H2,1-3H3. The van der Waals surface area contributed by atoms with E-state index in [1.807, 2.05) is 12.1 Å². The van der Waals surface area contributed by atoms with Gasteiger partial charge in [-0.1, -0.05) is 62.7 Å². The molecule has 0 saturated heterocycles. The summed E-state index contributed by atoms with van der Waals surface area (Å²) in [5, 5.41) is 0.580. The number of hydrogen-bond donors (Lipinski definition) is 0. The van der Waals surface area contributed by atoms with Crippen LogP contribution in [0.5, 0.6) is 0 Å². The van der Waals surface area contributed by atoms with Crippen LogP contribution in [0.1, 0.15) is 57.1 Å². The van der Waals surface area contributed by atoms with Crippen LogP contribution in [0.2, 0.25) is 5.02 Å². The zero-order valence-corrected chi connectivity index (χ0v) is 17.9. The molecule has 2 aromatic carbocycles. The van der Waals surface area contributed by atoms with Gasteiger partial charge in [-0.05, 0) is 47.6 Å². The van der Waals surface area contributed by atoms with Crippen LogP contribution in [0.4, 0.5) is 5.69 Å². The second kappa shape index (κ2) is 7.46. The van der Waals surface area contributed by atoms with Gasteiger partial charge in [-0.3, -0.25) is 14.5 Å². The van der Waals surface area contributed by atoms with Gasteiger partial charge in [0.15, 0.2) is 5.78 Å². The first kappa shape index (κ1) is 19.9. The topological polar surface area (TPSA) is 37.4 Å². The van der Waals surface area contributed by atoms with Gasteiger partial charge in [-0.25, -0.2) is 0 Å². The van der Waals surface area contributed by atoms with E-state index in [1.54, 1.807) is 17.0 Å². The van der Waals surface area contributed by atoms with Gasteiger partial charge in [-0.15, -0.1) is 0 Å². The maximum Gasteiger partial charge on any atom is 0.232 e. The van der Waals surface area contributed by atoms with Gasteiger partial charge >= 0.3 is 0 Å². The van der Waals surface area contributed by atoms with Gasteiger partial charge < -0.3 is 0 Å². The summed E-state index contributed by atoms with van der Waals surface area (Å²) in [7, 11) is 0. The van der Waals surface area contributed by atoms with E-state index >= 15 is 0 Å². The Labute approximate surface area is 177 Å². The predicted molar refractivity (Wildman–Crippen MR) is 117 cm³/mol. The number of halogens is 1. The van der Waals surface area contributed by atoms with E-state index in [2.05, 4.69) is 45.0 Å². The van der Waals surface area contributed by atoms with Crippen molar-refractivity contribution in [3.63, 3.8) is 0 Å². The number of carbonyl (C=O) groups excluding carboxylic acids is 2. The molecule has 0 aromatic heterocycles. The number of benzene rings is 2. The van der Waals surface area contributed by atoms with Crippen LogP contribution in [0.3, 0.4) is 0 Å². The summed E-state index contributed by atoms with van der Waals surface area (Å²) >= 11 is 6.20. The van der Waals surface area contributed by atoms with Crippen molar-refractivity contribution >= 4 is 29.0 Å². The van der Waals surface area contributed by atoms with Crippen molar-refractivity contribution in [2.24, 2.45) is 5.41 Å². The SMILES string of the molecule is CCc1ccc(C2CC(=O)N(c3cccc(Cl)c3)C3=C2C(=O)CC(C)(C)C3)cc1. The minimum Gasteiger partial charge on any atom is -0.294 e. The Bertz CT molecular complexity index is 1000. The van der Waals surface area contributed by atoms with Crippen LogP contribution in [0.25, 0.3) is 0 Å². The van der Waals surface area contributed by atoms with E-state index in [-0.39, 0.29) is 23.0 Å². The fourth-order valence-electron chi connectivity index (χ4n) is 4.60. The molecular formula is C25H26ClNO2. The number of aryl methyl sites for hydroxylation is 1. The Hall–Kier alpha value is -2.39. The molecule has 1 heterocycles. The van der Waals surface area contributed by atoms with Crippen molar-refractivity contribution in [1.29, 1.82) is 0 Å². The van der Waals surface area contributed by atoms with Gasteiger partial charge in [0.05, 0.1) is 5.69 Å². The molecule has 1 aliphatic carbocycles.